The van der Waals surface area contributed by atoms with E-state index in [1.807, 2.05) is 30.3 Å². The molecule has 2 heterocycles. The van der Waals surface area contributed by atoms with Crippen LogP contribution in [0.2, 0.25) is 0 Å². The molecule has 1 saturated heterocycles. The van der Waals surface area contributed by atoms with Crippen LogP contribution in [-0.4, -0.2) is 28.3 Å². The first-order valence-corrected chi connectivity index (χ1v) is 11.1. The first-order chi connectivity index (χ1) is 15.4. The zero-order chi connectivity index (χ0) is 22.7. The van der Waals surface area contributed by atoms with Crippen LogP contribution in [0, 0.1) is 5.82 Å². The van der Waals surface area contributed by atoms with Gasteiger partial charge in [0.25, 0.3) is 0 Å². The van der Waals surface area contributed by atoms with E-state index in [2.05, 4.69) is 19.9 Å². The van der Waals surface area contributed by atoms with E-state index in [-0.39, 0.29) is 30.2 Å². The van der Waals surface area contributed by atoms with Gasteiger partial charge in [-0.15, -0.1) is 0 Å². The Morgan fingerprint density at radius 2 is 1.81 bits per heavy atom. The Kier molecular flexibility index (Phi) is 6.66. The molecule has 5 heteroatoms. The molecule has 2 atom stereocenters. The lowest BCUT2D eigenvalue weighted by Crippen LogP contribution is -2.32. The molecule has 0 unspecified atom stereocenters. The highest BCUT2D eigenvalue weighted by Gasteiger charge is 2.28. The minimum atomic E-state index is -0.652. The second-order valence-electron chi connectivity index (χ2n) is 8.69. The Hall–Kier alpha value is -3.05. The summed E-state index contributed by atoms with van der Waals surface area (Å²) < 4.78 is 19.1. The summed E-state index contributed by atoms with van der Waals surface area (Å²) in [6, 6.07) is 18.6. The van der Waals surface area contributed by atoms with Crippen molar-refractivity contribution >= 4 is 5.97 Å². The molecular weight excluding hydrogens is 405 g/mol. The van der Waals surface area contributed by atoms with Crippen LogP contribution < -0.4 is 0 Å². The number of aliphatic hydroxyl groups excluding tert-OH is 1. The molecule has 166 valence electrons. The minimum absolute atomic E-state index is 0.0574. The number of pyridine rings is 1. The normalized spacial score (nSPS) is 18.6. The van der Waals surface area contributed by atoms with Crippen molar-refractivity contribution in [1.29, 1.82) is 0 Å². The molecule has 1 aliphatic rings. The number of rotatable bonds is 6. The van der Waals surface area contributed by atoms with Gasteiger partial charge < -0.3 is 9.84 Å². The Balaban J connectivity index is 1.77. The summed E-state index contributed by atoms with van der Waals surface area (Å²) >= 11 is 0. The maximum atomic E-state index is 13.6. The summed E-state index contributed by atoms with van der Waals surface area (Å²) in [6.45, 7) is 4.22. The average Bonchev–Trinajstić information content (AvgIpc) is 2.77. The van der Waals surface area contributed by atoms with Gasteiger partial charge in [-0.2, -0.15) is 0 Å². The summed E-state index contributed by atoms with van der Waals surface area (Å²) in [5.41, 5.74) is 5.87. The molecule has 0 aliphatic carbocycles. The monoisotopic (exact) mass is 433 g/mol. The van der Waals surface area contributed by atoms with Gasteiger partial charge >= 0.3 is 5.97 Å². The van der Waals surface area contributed by atoms with Crippen molar-refractivity contribution < 1.29 is 19.0 Å². The van der Waals surface area contributed by atoms with Crippen LogP contribution in [0.1, 0.15) is 50.3 Å². The lowest BCUT2D eigenvalue weighted by Gasteiger charge is -2.27. The quantitative estimate of drug-likeness (QED) is 0.508. The molecule has 0 bridgehead atoms. The van der Waals surface area contributed by atoms with Gasteiger partial charge in [-0.05, 0) is 53.6 Å². The second kappa shape index (κ2) is 9.61. The van der Waals surface area contributed by atoms with E-state index in [9.17, 15) is 14.3 Å². The van der Waals surface area contributed by atoms with E-state index >= 15 is 0 Å². The smallest absolute Gasteiger partial charge is 0.308 e. The fourth-order valence-corrected chi connectivity index (χ4v) is 4.32. The molecule has 0 amide bonds. The van der Waals surface area contributed by atoms with Crippen LogP contribution in [0.3, 0.4) is 0 Å². The number of ether oxygens (including phenoxy) is 1. The maximum absolute atomic E-state index is 13.6. The summed E-state index contributed by atoms with van der Waals surface area (Å²) in [7, 11) is 0. The summed E-state index contributed by atoms with van der Waals surface area (Å²) in [5, 5.41) is 9.96. The fraction of sp³-hybridized carbons (Fsp3) is 0.333. The number of benzene rings is 2. The van der Waals surface area contributed by atoms with E-state index < -0.39 is 6.10 Å². The predicted molar refractivity (Wildman–Crippen MR) is 123 cm³/mol. The third-order valence-corrected chi connectivity index (χ3v) is 5.88. The van der Waals surface area contributed by atoms with E-state index in [4.69, 9.17) is 9.72 Å². The molecule has 4 nitrogen and oxygen atoms in total. The van der Waals surface area contributed by atoms with Crippen molar-refractivity contribution in [3.05, 3.63) is 77.7 Å². The number of aliphatic hydroxyl groups is 1. The summed E-state index contributed by atoms with van der Waals surface area (Å²) in [6.07, 6.45) is 0.782. The van der Waals surface area contributed by atoms with Crippen LogP contribution >= 0.6 is 0 Å². The maximum Gasteiger partial charge on any atom is 0.308 e. The molecule has 4 rings (SSSR count). The molecule has 3 aromatic rings. The topological polar surface area (TPSA) is 59.4 Å². The second-order valence-corrected chi connectivity index (χ2v) is 8.69. The van der Waals surface area contributed by atoms with Gasteiger partial charge in [0, 0.05) is 17.7 Å². The van der Waals surface area contributed by atoms with Crippen molar-refractivity contribution in [2.45, 2.75) is 57.7 Å². The van der Waals surface area contributed by atoms with Gasteiger partial charge in [-0.25, -0.2) is 4.39 Å². The van der Waals surface area contributed by atoms with Crippen molar-refractivity contribution in [2.75, 3.05) is 0 Å². The lowest BCUT2D eigenvalue weighted by atomic mass is 9.88. The van der Waals surface area contributed by atoms with Crippen LogP contribution in [0.25, 0.3) is 22.4 Å². The molecule has 0 saturated carbocycles. The van der Waals surface area contributed by atoms with Crippen LogP contribution in [0.4, 0.5) is 4.39 Å². The lowest BCUT2D eigenvalue weighted by molar-refractivity contribution is -0.160. The molecule has 1 aliphatic heterocycles. The van der Waals surface area contributed by atoms with Crippen molar-refractivity contribution in [1.82, 2.24) is 4.98 Å². The molecule has 0 spiro atoms. The van der Waals surface area contributed by atoms with Gasteiger partial charge in [0.1, 0.15) is 11.9 Å². The first-order valence-electron chi connectivity index (χ1n) is 11.1. The highest BCUT2D eigenvalue weighted by atomic mass is 19.1. The zero-order valence-electron chi connectivity index (χ0n) is 18.4. The van der Waals surface area contributed by atoms with Gasteiger partial charge in [-0.3, -0.25) is 9.78 Å². The summed E-state index contributed by atoms with van der Waals surface area (Å²) in [4.78, 5) is 16.8. The van der Waals surface area contributed by atoms with Crippen molar-refractivity contribution in [3.8, 4) is 22.4 Å². The number of carbonyl (C=O) groups excluding carboxylic acids is 1. The van der Waals surface area contributed by atoms with E-state index in [0.717, 1.165) is 33.6 Å². The SMILES string of the molecule is CC(C)c1nc(-c2ccccc2)cc(-c2ccc(F)cc2)c1CC[C@@H]1C[C@@H](O)CC(=O)O1. The number of carbonyl (C=O) groups is 1. The van der Waals surface area contributed by atoms with E-state index in [1.165, 1.54) is 12.1 Å². The Bertz CT molecular complexity index is 1080. The molecule has 1 N–H and O–H groups in total. The van der Waals surface area contributed by atoms with Crippen molar-refractivity contribution in [2.24, 2.45) is 0 Å². The fourth-order valence-electron chi connectivity index (χ4n) is 4.32. The van der Waals surface area contributed by atoms with Gasteiger partial charge in [0.2, 0.25) is 0 Å². The Morgan fingerprint density at radius 3 is 2.47 bits per heavy atom. The molecule has 0 radical (unpaired) electrons. The highest BCUT2D eigenvalue weighted by Crippen LogP contribution is 2.35. The number of hydrogen-bond acceptors (Lipinski definition) is 4. The number of aromatic nitrogens is 1. The molecule has 1 fully saturated rings. The van der Waals surface area contributed by atoms with Crippen LogP contribution in [0.15, 0.2) is 60.7 Å². The average molecular weight is 434 g/mol. The van der Waals surface area contributed by atoms with Crippen LogP contribution in [0.5, 0.6) is 0 Å². The van der Waals surface area contributed by atoms with E-state index in [1.54, 1.807) is 12.1 Å². The number of hydrogen-bond donors (Lipinski definition) is 1. The first kappa shape index (κ1) is 22.2. The molecular formula is C27H28FNO3. The predicted octanol–water partition coefficient (Wildman–Crippen LogP) is 5.68. The van der Waals surface area contributed by atoms with Crippen molar-refractivity contribution in [3.63, 3.8) is 0 Å². The van der Waals surface area contributed by atoms with E-state index in [0.29, 0.717) is 19.3 Å². The van der Waals surface area contributed by atoms with Gasteiger partial charge in [0.15, 0.2) is 0 Å². The Labute approximate surface area is 188 Å². The Morgan fingerprint density at radius 1 is 1.09 bits per heavy atom. The number of nitrogens with zero attached hydrogens (tertiary/aromatic N) is 1. The number of halogens is 1. The highest BCUT2D eigenvalue weighted by molar-refractivity contribution is 5.74. The molecule has 1 aromatic heterocycles. The minimum Gasteiger partial charge on any atom is -0.462 e. The standard InChI is InChI=1S/C27H28FNO3/c1-17(2)27-23(13-12-22-14-21(30)15-26(31)32-22)24(18-8-10-20(28)11-9-18)16-25(29-27)19-6-4-3-5-7-19/h3-11,16-17,21-22,30H,12-15H2,1-2H3/t21-,22-/m1/s1. The van der Waals surface area contributed by atoms with Gasteiger partial charge in [-0.1, -0.05) is 56.3 Å². The number of cyclic esters (lactones) is 1. The zero-order valence-corrected chi connectivity index (χ0v) is 18.4. The molecule has 2 aromatic carbocycles. The summed E-state index contributed by atoms with van der Waals surface area (Å²) in [5.74, 6) is -0.457. The molecule has 32 heavy (non-hydrogen) atoms. The van der Waals surface area contributed by atoms with Gasteiger partial charge in [0.05, 0.1) is 18.2 Å². The number of esters is 1. The third kappa shape index (κ3) is 5.05. The largest absolute Gasteiger partial charge is 0.462 e. The third-order valence-electron chi connectivity index (χ3n) is 5.88. The van der Waals surface area contributed by atoms with Crippen LogP contribution in [-0.2, 0) is 16.0 Å².